The fraction of sp³-hybridized carbons (Fsp3) is 0.636. The minimum absolute atomic E-state index is 0.158. The van der Waals surface area contributed by atoms with Crippen LogP contribution in [0.25, 0.3) is 0 Å². The number of nitrogens with zero attached hydrogens (tertiary/aromatic N) is 2. The van der Waals surface area contributed by atoms with Crippen molar-refractivity contribution in [1.29, 1.82) is 5.26 Å². The van der Waals surface area contributed by atoms with Gasteiger partial charge in [0, 0.05) is 10.8 Å². The fourth-order valence-electron chi connectivity index (χ4n) is 1.62. The second kappa shape index (κ2) is 3.06. The van der Waals surface area contributed by atoms with Crippen LogP contribution in [0.5, 0.6) is 0 Å². The lowest BCUT2D eigenvalue weighted by Crippen LogP contribution is -2.01. The average molecular weight is 206 g/mol. The van der Waals surface area contributed by atoms with Gasteiger partial charge in [0.15, 0.2) is 0 Å². The molecule has 74 valence electrons. The molecule has 2 rings (SSSR count). The van der Waals surface area contributed by atoms with E-state index in [1.54, 1.807) is 11.3 Å². The van der Waals surface area contributed by atoms with Gasteiger partial charge in [-0.05, 0) is 19.8 Å². The Morgan fingerprint density at radius 1 is 1.50 bits per heavy atom. The van der Waals surface area contributed by atoms with Gasteiger partial charge in [-0.2, -0.15) is 5.26 Å². The lowest BCUT2D eigenvalue weighted by molar-refractivity contribution is 0.843. The van der Waals surface area contributed by atoms with Crippen molar-refractivity contribution in [3.05, 3.63) is 15.6 Å². The summed E-state index contributed by atoms with van der Waals surface area (Å²) in [6.45, 7) is 6.32. The molecular weight excluding hydrogens is 192 g/mol. The highest BCUT2D eigenvalue weighted by atomic mass is 32.1. The van der Waals surface area contributed by atoms with E-state index in [2.05, 4.69) is 24.9 Å². The third kappa shape index (κ3) is 1.34. The molecule has 0 atom stereocenters. The lowest BCUT2D eigenvalue weighted by atomic mass is 10.1. The number of aromatic nitrogens is 1. The Morgan fingerprint density at radius 2 is 2.14 bits per heavy atom. The Balaban J connectivity index is 2.41. The molecular formula is C11H14N2S. The second-order valence-electron chi connectivity index (χ2n) is 4.32. The van der Waals surface area contributed by atoms with Crippen molar-refractivity contribution >= 4 is 11.3 Å². The Labute approximate surface area is 88.6 Å². The van der Waals surface area contributed by atoms with E-state index in [1.165, 1.54) is 9.88 Å². The smallest absolute Gasteiger partial charge is 0.0956 e. The molecule has 0 N–H and O–H groups in total. The SMILES string of the molecule is Cc1nc(C(C)C)sc1C1(C#N)CC1. The average Bonchev–Trinajstić information content (AvgIpc) is 2.84. The zero-order valence-corrected chi connectivity index (χ0v) is 9.61. The molecule has 2 nitrogen and oxygen atoms in total. The largest absolute Gasteiger partial charge is 0.246 e. The van der Waals surface area contributed by atoms with Crippen molar-refractivity contribution in [2.45, 2.75) is 44.9 Å². The summed E-state index contributed by atoms with van der Waals surface area (Å²) < 4.78 is 0. The quantitative estimate of drug-likeness (QED) is 0.745. The summed E-state index contributed by atoms with van der Waals surface area (Å²) in [6.07, 6.45) is 2.04. The molecule has 1 fully saturated rings. The molecule has 0 aliphatic heterocycles. The zero-order valence-electron chi connectivity index (χ0n) is 8.79. The molecule has 0 unspecified atom stereocenters. The minimum Gasteiger partial charge on any atom is -0.246 e. The third-order valence-corrected chi connectivity index (χ3v) is 4.37. The van der Waals surface area contributed by atoms with Gasteiger partial charge < -0.3 is 0 Å². The maximum Gasteiger partial charge on any atom is 0.0956 e. The van der Waals surface area contributed by atoms with Gasteiger partial charge in [-0.1, -0.05) is 13.8 Å². The van der Waals surface area contributed by atoms with Gasteiger partial charge in [-0.15, -0.1) is 11.3 Å². The first kappa shape index (κ1) is 9.67. The summed E-state index contributed by atoms with van der Waals surface area (Å²) in [5.41, 5.74) is 0.910. The van der Waals surface area contributed by atoms with Crippen molar-refractivity contribution in [2.24, 2.45) is 0 Å². The van der Waals surface area contributed by atoms with Crippen molar-refractivity contribution in [2.75, 3.05) is 0 Å². The second-order valence-corrected chi connectivity index (χ2v) is 5.35. The molecule has 1 aliphatic carbocycles. The van der Waals surface area contributed by atoms with Gasteiger partial charge in [0.1, 0.15) is 0 Å². The predicted octanol–water partition coefficient (Wildman–Crippen LogP) is 3.13. The predicted molar refractivity (Wildman–Crippen MR) is 57.5 cm³/mol. The molecule has 0 saturated heterocycles. The number of hydrogen-bond donors (Lipinski definition) is 0. The Hall–Kier alpha value is -0.880. The maximum absolute atomic E-state index is 9.11. The van der Waals surface area contributed by atoms with Gasteiger partial charge in [0.2, 0.25) is 0 Å². The maximum atomic E-state index is 9.11. The molecule has 1 aromatic heterocycles. The van der Waals surface area contributed by atoms with E-state index in [0.717, 1.165) is 18.5 Å². The summed E-state index contributed by atoms with van der Waals surface area (Å²) in [6, 6.07) is 2.43. The number of aryl methyl sites for hydroxylation is 1. The van der Waals surface area contributed by atoms with Gasteiger partial charge in [-0.3, -0.25) is 0 Å². The first-order valence-electron chi connectivity index (χ1n) is 4.98. The van der Waals surface area contributed by atoms with E-state index < -0.39 is 0 Å². The van der Waals surface area contributed by atoms with Crippen molar-refractivity contribution in [1.82, 2.24) is 4.98 Å². The van der Waals surface area contributed by atoms with Gasteiger partial charge >= 0.3 is 0 Å². The Kier molecular flexibility index (Phi) is 2.11. The zero-order chi connectivity index (χ0) is 10.3. The Bertz CT molecular complexity index is 394. The minimum atomic E-state index is -0.158. The van der Waals surface area contributed by atoms with E-state index in [-0.39, 0.29) is 5.41 Å². The molecule has 14 heavy (non-hydrogen) atoms. The molecule has 0 amide bonds. The highest BCUT2D eigenvalue weighted by Gasteiger charge is 2.47. The van der Waals surface area contributed by atoms with Crippen molar-refractivity contribution < 1.29 is 0 Å². The molecule has 3 heteroatoms. The van der Waals surface area contributed by atoms with Crippen LogP contribution in [-0.4, -0.2) is 4.98 Å². The van der Waals surface area contributed by atoms with Crippen LogP contribution in [0, 0.1) is 18.3 Å². The van der Waals surface area contributed by atoms with Crippen LogP contribution in [0.3, 0.4) is 0 Å². The normalized spacial score (nSPS) is 18.2. The number of thiazole rings is 1. The molecule has 0 radical (unpaired) electrons. The standard InChI is InChI=1S/C11H14N2S/c1-7(2)10-13-8(3)9(14-10)11(6-12)4-5-11/h7H,4-5H2,1-3H3. The fourth-order valence-corrected chi connectivity index (χ4v) is 2.89. The van der Waals surface area contributed by atoms with Crippen LogP contribution in [-0.2, 0) is 5.41 Å². The third-order valence-electron chi connectivity index (χ3n) is 2.71. The highest BCUT2D eigenvalue weighted by Crippen LogP contribution is 2.51. The highest BCUT2D eigenvalue weighted by molar-refractivity contribution is 7.12. The van der Waals surface area contributed by atoms with E-state index >= 15 is 0 Å². The van der Waals surface area contributed by atoms with Crippen LogP contribution >= 0.6 is 11.3 Å². The number of rotatable bonds is 2. The Morgan fingerprint density at radius 3 is 2.50 bits per heavy atom. The van der Waals surface area contributed by atoms with E-state index in [4.69, 9.17) is 5.26 Å². The molecule has 0 spiro atoms. The molecule has 1 aromatic rings. The summed E-state index contributed by atoms with van der Waals surface area (Å²) in [5.74, 6) is 0.474. The molecule has 0 bridgehead atoms. The number of nitriles is 1. The van der Waals surface area contributed by atoms with Crippen LogP contribution in [0.4, 0.5) is 0 Å². The first-order valence-corrected chi connectivity index (χ1v) is 5.80. The van der Waals surface area contributed by atoms with Gasteiger partial charge in [0.05, 0.1) is 22.2 Å². The van der Waals surface area contributed by atoms with Crippen LogP contribution in [0.2, 0.25) is 0 Å². The van der Waals surface area contributed by atoms with Gasteiger partial charge in [-0.25, -0.2) is 4.98 Å². The molecule has 1 saturated carbocycles. The van der Waals surface area contributed by atoms with Gasteiger partial charge in [0.25, 0.3) is 0 Å². The summed E-state index contributed by atoms with van der Waals surface area (Å²) in [4.78, 5) is 5.74. The summed E-state index contributed by atoms with van der Waals surface area (Å²) in [7, 11) is 0. The molecule has 0 aromatic carbocycles. The first-order chi connectivity index (χ1) is 6.59. The van der Waals surface area contributed by atoms with E-state index in [1.807, 2.05) is 6.92 Å². The molecule has 1 heterocycles. The van der Waals surface area contributed by atoms with Crippen LogP contribution in [0.1, 0.15) is 48.2 Å². The summed E-state index contributed by atoms with van der Waals surface area (Å²) >= 11 is 1.73. The van der Waals surface area contributed by atoms with Crippen molar-refractivity contribution in [3.8, 4) is 6.07 Å². The van der Waals surface area contributed by atoms with Crippen molar-refractivity contribution in [3.63, 3.8) is 0 Å². The monoisotopic (exact) mass is 206 g/mol. The number of hydrogen-bond acceptors (Lipinski definition) is 3. The van der Waals surface area contributed by atoms with Crippen LogP contribution in [0.15, 0.2) is 0 Å². The molecule has 1 aliphatic rings. The van der Waals surface area contributed by atoms with E-state index in [0.29, 0.717) is 5.92 Å². The van der Waals surface area contributed by atoms with Crippen LogP contribution < -0.4 is 0 Å². The summed E-state index contributed by atoms with van der Waals surface area (Å²) in [5, 5.41) is 10.3. The lowest BCUT2D eigenvalue weighted by Gasteiger charge is -2.01. The van der Waals surface area contributed by atoms with E-state index in [9.17, 15) is 0 Å². The topological polar surface area (TPSA) is 36.7 Å².